The van der Waals surface area contributed by atoms with Gasteiger partial charge in [-0.15, -0.1) is 0 Å². The molecule has 2 aliphatic heterocycles. The maximum absolute atomic E-state index is 13.9. The third kappa shape index (κ3) is 1.43. The van der Waals surface area contributed by atoms with Crippen LogP contribution >= 0.6 is 11.6 Å². The highest BCUT2D eigenvalue weighted by atomic mass is 35.5. The zero-order valence-corrected chi connectivity index (χ0v) is 10.1. The molecule has 1 saturated heterocycles. The number of fused-ring (bicyclic) bond motifs is 3. The fraction of sp³-hybridized carbons (Fsp3) is 0.417. The van der Waals surface area contributed by atoms with Gasteiger partial charge in [0.05, 0.1) is 5.69 Å². The summed E-state index contributed by atoms with van der Waals surface area (Å²) < 4.78 is 13.9. The number of carbonyl (C=O) groups is 1. The van der Waals surface area contributed by atoms with Crippen molar-refractivity contribution in [2.45, 2.75) is 25.4 Å². The van der Waals surface area contributed by atoms with Crippen LogP contribution in [-0.4, -0.2) is 24.5 Å². The smallest absolute Gasteiger partial charge is 0.243 e. The number of benzene rings is 1. The molecule has 0 saturated carbocycles. The molecule has 2 heterocycles. The van der Waals surface area contributed by atoms with E-state index in [0.717, 1.165) is 5.56 Å². The third-order valence-corrected chi connectivity index (χ3v) is 3.87. The van der Waals surface area contributed by atoms with Crippen molar-refractivity contribution in [3.05, 3.63) is 28.5 Å². The predicted molar refractivity (Wildman–Crippen MR) is 63.9 cm³/mol. The van der Waals surface area contributed by atoms with E-state index in [1.165, 1.54) is 6.07 Å². The van der Waals surface area contributed by atoms with Crippen LogP contribution in [0.5, 0.6) is 0 Å². The molecule has 0 bridgehead atoms. The van der Waals surface area contributed by atoms with Crippen molar-refractivity contribution in [1.82, 2.24) is 5.32 Å². The largest absolute Gasteiger partial charge is 0.352 e. The van der Waals surface area contributed by atoms with Crippen LogP contribution in [0.3, 0.4) is 0 Å². The summed E-state index contributed by atoms with van der Waals surface area (Å²) in [5.74, 6) is -0.344. The zero-order chi connectivity index (χ0) is 12.2. The van der Waals surface area contributed by atoms with Crippen LogP contribution in [0.4, 0.5) is 10.1 Å². The van der Waals surface area contributed by atoms with Gasteiger partial charge in [0.1, 0.15) is 11.9 Å². The second-order valence-corrected chi connectivity index (χ2v) is 4.98. The molecule has 0 spiro atoms. The van der Waals surface area contributed by atoms with Crippen LogP contribution in [0.2, 0.25) is 5.02 Å². The van der Waals surface area contributed by atoms with Crippen LogP contribution in [0.1, 0.15) is 12.5 Å². The first kappa shape index (κ1) is 10.8. The van der Waals surface area contributed by atoms with Crippen LogP contribution in [-0.2, 0) is 11.2 Å². The van der Waals surface area contributed by atoms with Gasteiger partial charge in [0, 0.05) is 24.0 Å². The van der Waals surface area contributed by atoms with E-state index in [1.54, 1.807) is 6.07 Å². The fourth-order valence-electron chi connectivity index (χ4n) is 2.72. The lowest BCUT2D eigenvalue weighted by Crippen LogP contribution is -2.58. The summed E-state index contributed by atoms with van der Waals surface area (Å²) in [5, 5.41) is 3.37. The Morgan fingerprint density at radius 3 is 3.06 bits per heavy atom. The first-order chi connectivity index (χ1) is 8.09. The zero-order valence-electron chi connectivity index (χ0n) is 9.34. The van der Waals surface area contributed by atoms with Crippen LogP contribution < -0.4 is 10.2 Å². The first-order valence-corrected chi connectivity index (χ1v) is 6.00. The summed E-state index contributed by atoms with van der Waals surface area (Å²) >= 11 is 6.08. The minimum absolute atomic E-state index is 0.0465. The molecule has 1 fully saturated rings. The average molecular weight is 255 g/mol. The molecular formula is C12H12ClFN2O. The molecule has 0 radical (unpaired) electrons. The first-order valence-electron chi connectivity index (χ1n) is 5.62. The molecule has 2 aliphatic rings. The summed E-state index contributed by atoms with van der Waals surface area (Å²) in [6.07, 6.45) is 0.488. The average Bonchev–Trinajstić information content (AvgIpc) is 2.71. The highest BCUT2D eigenvalue weighted by molar-refractivity contribution is 6.32. The number of nitrogens with one attached hydrogen (secondary N) is 1. The molecule has 17 heavy (non-hydrogen) atoms. The fourth-order valence-corrected chi connectivity index (χ4v) is 2.94. The Morgan fingerprint density at radius 1 is 1.53 bits per heavy atom. The molecule has 3 nitrogen and oxygen atoms in total. The molecular weight excluding hydrogens is 243 g/mol. The normalized spacial score (nSPS) is 26.5. The maximum atomic E-state index is 13.9. The monoisotopic (exact) mass is 254 g/mol. The second kappa shape index (κ2) is 3.60. The van der Waals surface area contributed by atoms with Gasteiger partial charge >= 0.3 is 0 Å². The molecule has 1 aromatic rings. The number of amides is 1. The van der Waals surface area contributed by atoms with E-state index in [1.807, 2.05) is 11.8 Å². The number of nitrogens with zero attached hydrogens (tertiary/aromatic N) is 1. The number of carbonyl (C=O) groups excluding carboxylic acids is 1. The van der Waals surface area contributed by atoms with Gasteiger partial charge in [0.15, 0.2) is 0 Å². The number of rotatable bonds is 0. The van der Waals surface area contributed by atoms with Crippen molar-refractivity contribution >= 4 is 23.2 Å². The van der Waals surface area contributed by atoms with Crippen molar-refractivity contribution in [2.75, 3.05) is 11.4 Å². The van der Waals surface area contributed by atoms with E-state index in [-0.39, 0.29) is 23.8 Å². The SMILES string of the molecule is C[C@@H]1CNC(=O)[C@H]2Cc3c(Cl)ccc(F)c3N12. The molecule has 0 unspecified atom stereocenters. The molecule has 90 valence electrons. The standard InChI is InChI=1S/C12H12ClFN2O/c1-6-5-15-12(17)10-4-7-8(13)2-3-9(14)11(7)16(6)10/h2-3,6,10H,4-5H2,1H3,(H,15,17)/t6-,10-/m1/s1. The van der Waals surface area contributed by atoms with Crippen LogP contribution in [0, 0.1) is 5.82 Å². The van der Waals surface area contributed by atoms with E-state index < -0.39 is 0 Å². The van der Waals surface area contributed by atoms with Gasteiger partial charge < -0.3 is 10.2 Å². The minimum atomic E-state index is -0.317. The van der Waals surface area contributed by atoms with Crippen molar-refractivity contribution in [1.29, 1.82) is 0 Å². The maximum Gasteiger partial charge on any atom is 0.243 e. The lowest BCUT2D eigenvalue weighted by atomic mass is 10.1. The molecule has 0 aromatic heterocycles. The topological polar surface area (TPSA) is 32.3 Å². The Labute approximate surface area is 104 Å². The van der Waals surface area contributed by atoms with Crippen molar-refractivity contribution < 1.29 is 9.18 Å². The summed E-state index contributed by atoms with van der Waals surface area (Å²) in [5.41, 5.74) is 1.26. The molecule has 5 heteroatoms. The van der Waals surface area contributed by atoms with Gasteiger partial charge in [-0.05, 0) is 24.6 Å². The molecule has 0 aliphatic carbocycles. The summed E-state index contributed by atoms with van der Waals surface area (Å²) in [6, 6.07) is 2.69. The predicted octanol–water partition coefficient (Wildman–Crippen LogP) is 1.73. The Hall–Kier alpha value is -1.29. The van der Waals surface area contributed by atoms with Crippen LogP contribution in [0.25, 0.3) is 0 Å². The van der Waals surface area contributed by atoms with Gasteiger partial charge in [0.25, 0.3) is 0 Å². The summed E-state index contributed by atoms with van der Waals surface area (Å²) in [6.45, 7) is 2.52. The number of piperazine rings is 1. The van der Waals surface area contributed by atoms with Gasteiger partial charge in [-0.3, -0.25) is 4.79 Å². The summed E-state index contributed by atoms with van der Waals surface area (Å²) in [4.78, 5) is 13.7. The van der Waals surface area contributed by atoms with Crippen LogP contribution in [0.15, 0.2) is 12.1 Å². The Kier molecular flexibility index (Phi) is 2.30. The third-order valence-electron chi connectivity index (χ3n) is 3.52. The number of halogens is 2. The molecule has 2 atom stereocenters. The van der Waals surface area contributed by atoms with Crippen molar-refractivity contribution in [2.24, 2.45) is 0 Å². The lowest BCUT2D eigenvalue weighted by molar-refractivity contribution is -0.123. The Morgan fingerprint density at radius 2 is 2.29 bits per heavy atom. The van der Waals surface area contributed by atoms with Gasteiger partial charge in [-0.25, -0.2) is 4.39 Å². The highest BCUT2D eigenvalue weighted by Crippen LogP contribution is 2.40. The van der Waals surface area contributed by atoms with Gasteiger partial charge in [-0.1, -0.05) is 11.6 Å². The van der Waals surface area contributed by atoms with Gasteiger partial charge in [-0.2, -0.15) is 0 Å². The molecule has 1 N–H and O–H groups in total. The van der Waals surface area contributed by atoms with Crippen molar-refractivity contribution in [3.8, 4) is 0 Å². The van der Waals surface area contributed by atoms with Gasteiger partial charge in [0.2, 0.25) is 5.91 Å². The molecule has 3 rings (SSSR count). The van der Waals surface area contributed by atoms with E-state index in [4.69, 9.17) is 11.6 Å². The highest BCUT2D eigenvalue weighted by Gasteiger charge is 2.42. The van der Waals surface area contributed by atoms with E-state index in [2.05, 4.69) is 5.32 Å². The lowest BCUT2D eigenvalue weighted by Gasteiger charge is -2.37. The minimum Gasteiger partial charge on any atom is -0.352 e. The van der Waals surface area contributed by atoms with E-state index in [9.17, 15) is 9.18 Å². The molecule has 1 aromatic carbocycles. The number of hydrogen-bond acceptors (Lipinski definition) is 2. The molecule has 1 amide bonds. The van der Waals surface area contributed by atoms with E-state index in [0.29, 0.717) is 23.7 Å². The van der Waals surface area contributed by atoms with Crippen molar-refractivity contribution in [3.63, 3.8) is 0 Å². The van der Waals surface area contributed by atoms with E-state index >= 15 is 0 Å². The Bertz CT molecular complexity index is 506. The Balaban J connectivity index is 2.16. The number of hydrogen-bond donors (Lipinski definition) is 1. The quantitative estimate of drug-likeness (QED) is 0.765. The number of anilines is 1. The summed E-state index contributed by atoms with van der Waals surface area (Å²) in [7, 11) is 0. The second-order valence-electron chi connectivity index (χ2n) is 4.58.